The van der Waals surface area contributed by atoms with Gasteiger partial charge in [0.1, 0.15) is 11.4 Å². The predicted octanol–water partition coefficient (Wildman–Crippen LogP) is 3.69. The Morgan fingerprint density at radius 1 is 0.773 bits per heavy atom. The van der Waals surface area contributed by atoms with Gasteiger partial charge in [0.15, 0.2) is 11.6 Å². The maximum Gasteiger partial charge on any atom is 0.178 e. The van der Waals surface area contributed by atoms with Crippen LogP contribution < -0.4 is 0 Å². The standard InChI is InChI=1S/C9H9NO2.C9H13N/c1-6(11)8-4-3-5-9(10-8)7(2)12;1-3-8-6-5-7-9(4-2)10-8/h3-5H,1-2H3;5-7H,3-4H2,1-2H3. The first kappa shape index (κ1) is 17.7. The average molecular weight is 298 g/mol. The zero-order valence-corrected chi connectivity index (χ0v) is 13.6. The molecule has 0 aromatic carbocycles. The summed E-state index contributed by atoms with van der Waals surface area (Å²) >= 11 is 0. The van der Waals surface area contributed by atoms with Crippen LogP contribution in [0.5, 0.6) is 0 Å². The highest BCUT2D eigenvalue weighted by Crippen LogP contribution is 2.01. The molecule has 4 nitrogen and oxygen atoms in total. The molecule has 0 aliphatic heterocycles. The number of aromatic nitrogens is 2. The average Bonchev–Trinajstić information content (AvgIpc) is 2.55. The van der Waals surface area contributed by atoms with Gasteiger partial charge in [-0.25, -0.2) is 4.98 Å². The van der Waals surface area contributed by atoms with E-state index in [0.717, 1.165) is 12.8 Å². The van der Waals surface area contributed by atoms with Crippen LogP contribution in [0.3, 0.4) is 0 Å². The van der Waals surface area contributed by atoms with Gasteiger partial charge >= 0.3 is 0 Å². The summed E-state index contributed by atoms with van der Waals surface area (Å²) in [6.45, 7) is 7.10. The van der Waals surface area contributed by atoms with Gasteiger partial charge in [-0.1, -0.05) is 26.0 Å². The van der Waals surface area contributed by atoms with Crippen molar-refractivity contribution in [1.82, 2.24) is 9.97 Å². The highest BCUT2D eigenvalue weighted by molar-refractivity contribution is 5.96. The van der Waals surface area contributed by atoms with Crippen molar-refractivity contribution in [2.24, 2.45) is 0 Å². The smallest absolute Gasteiger partial charge is 0.178 e. The monoisotopic (exact) mass is 298 g/mol. The van der Waals surface area contributed by atoms with Crippen LogP contribution >= 0.6 is 0 Å². The normalized spacial score (nSPS) is 9.64. The van der Waals surface area contributed by atoms with Crippen molar-refractivity contribution in [1.29, 1.82) is 0 Å². The summed E-state index contributed by atoms with van der Waals surface area (Å²) in [6.07, 6.45) is 2.07. The van der Waals surface area contributed by atoms with Crippen LogP contribution in [0.1, 0.15) is 60.1 Å². The lowest BCUT2D eigenvalue weighted by atomic mass is 10.2. The van der Waals surface area contributed by atoms with E-state index in [2.05, 4.69) is 42.0 Å². The number of aryl methyl sites for hydroxylation is 2. The first-order valence-corrected chi connectivity index (χ1v) is 7.41. The molecule has 0 atom stereocenters. The van der Waals surface area contributed by atoms with Crippen LogP contribution in [0.2, 0.25) is 0 Å². The molecular weight excluding hydrogens is 276 g/mol. The predicted molar refractivity (Wildman–Crippen MR) is 87.2 cm³/mol. The maximum atomic E-state index is 10.8. The minimum absolute atomic E-state index is 0.127. The SMILES string of the molecule is CC(=O)c1cccc(C(C)=O)n1.CCc1cccc(CC)n1. The number of hydrogen-bond donors (Lipinski definition) is 0. The van der Waals surface area contributed by atoms with Crippen molar-refractivity contribution in [2.45, 2.75) is 40.5 Å². The molecule has 0 saturated carbocycles. The summed E-state index contributed by atoms with van der Waals surface area (Å²) in [5.74, 6) is -0.254. The van der Waals surface area contributed by atoms with Gasteiger partial charge in [0.25, 0.3) is 0 Å². The van der Waals surface area contributed by atoms with Crippen molar-refractivity contribution in [2.75, 3.05) is 0 Å². The summed E-state index contributed by atoms with van der Waals surface area (Å²) in [6, 6.07) is 11.0. The molecule has 0 bridgehead atoms. The molecule has 2 heterocycles. The molecule has 0 N–H and O–H groups in total. The topological polar surface area (TPSA) is 59.9 Å². The molecule has 2 aromatic rings. The van der Waals surface area contributed by atoms with Gasteiger partial charge < -0.3 is 0 Å². The summed E-state index contributed by atoms with van der Waals surface area (Å²) in [5.41, 5.74) is 3.06. The van der Waals surface area contributed by atoms with E-state index in [1.807, 2.05) is 0 Å². The lowest BCUT2D eigenvalue weighted by Gasteiger charge is -1.97. The molecule has 0 aliphatic rings. The molecule has 0 radical (unpaired) electrons. The van der Waals surface area contributed by atoms with E-state index < -0.39 is 0 Å². The second-order valence-corrected chi connectivity index (χ2v) is 4.85. The Labute approximate surface area is 131 Å². The Hall–Kier alpha value is -2.36. The molecule has 0 spiro atoms. The highest BCUT2D eigenvalue weighted by Gasteiger charge is 2.04. The fourth-order valence-electron chi connectivity index (χ4n) is 1.75. The number of hydrogen-bond acceptors (Lipinski definition) is 4. The Kier molecular flexibility index (Phi) is 7.09. The van der Waals surface area contributed by atoms with Crippen molar-refractivity contribution in [3.63, 3.8) is 0 Å². The molecule has 4 heteroatoms. The Morgan fingerprint density at radius 3 is 1.55 bits per heavy atom. The Morgan fingerprint density at radius 2 is 1.18 bits per heavy atom. The number of rotatable bonds is 4. The third kappa shape index (κ3) is 5.56. The fourth-order valence-corrected chi connectivity index (χ4v) is 1.75. The first-order valence-electron chi connectivity index (χ1n) is 7.41. The van der Waals surface area contributed by atoms with Crippen LogP contribution in [-0.4, -0.2) is 21.5 Å². The largest absolute Gasteiger partial charge is 0.293 e. The molecule has 0 unspecified atom stereocenters. The molecule has 2 rings (SSSR count). The van der Waals surface area contributed by atoms with E-state index in [-0.39, 0.29) is 11.6 Å². The highest BCUT2D eigenvalue weighted by atomic mass is 16.1. The number of pyridine rings is 2. The number of nitrogens with zero attached hydrogens (tertiary/aromatic N) is 2. The minimum atomic E-state index is -0.127. The van der Waals surface area contributed by atoms with E-state index in [4.69, 9.17) is 0 Å². The number of carbonyl (C=O) groups excluding carboxylic acids is 2. The van der Waals surface area contributed by atoms with Gasteiger partial charge in [-0.05, 0) is 37.1 Å². The zero-order chi connectivity index (χ0) is 16.5. The molecule has 0 aliphatic carbocycles. The van der Waals surface area contributed by atoms with E-state index in [9.17, 15) is 9.59 Å². The molecule has 0 amide bonds. The van der Waals surface area contributed by atoms with Crippen LogP contribution in [0, 0.1) is 0 Å². The lowest BCUT2D eigenvalue weighted by molar-refractivity contribution is 0.101. The van der Waals surface area contributed by atoms with Crippen LogP contribution in [0.15, 0.2) is 36.4 Å². The van der Waals surface area contributed by atoms with E-state index in [1.165, 1.54) is 25.2 Å². The number of ketones is 2. The number of carbonyl (C=O) groups is 2. The molecular formula is C18H22N2O2. The van der Waals surface area contributed by atoms with Crippen LogP contribution in [0.4, 0.5) is 0 Å². The quantitative estimate of drug-likeness (QED) is 0.808. The Balaban J connectivity index is 0.000000224. The molecule has 0 fully saturated rings. The second-order valence-electron chi connectivity index (χ2n) is 4.85. The zero-order valence-electron chi connectivity index (χ0n) is 13.6. The van der Waals surface area contributed by atoms with Gasteiger partial charge in [-0.2, -0.15) is 0 Å². The van der Waals surface area contributed by atoms with Crippen molar-refractivity contribution < 1.29 is 9.59 Å². The summed E-state index contributed by atoms with van der Waals surface area (Å²) in [7, 11) is 0. The van der Waals surface area contributed by atoms with Crippen molar-refractivity contribution in [3.05, 3.63) is 59.2 Å². The third-order valence-corrected chi connectivity index (χ3v) is 3.06. The van der Waals surface area contributed by atoms with Crippen LogP contribution in [0.25, 0.3) is 0 Å². The minimum Gasteiger partial charge on any atom is -0.293 e. The van der Waals surface area contributed by atoms with E-state index >= 15 is 0 Å². The van der Waals surface area contributed by atoms with Gasteiger partial charge in [0.2, 0.25) is 0 Å². The maximum absolute atomic E-state index is 10.8. The van der Waals surface area contributed by atoms with E-state index in [1.54, 1.807) is 18.2 Å². The summed E-state index contributed by atoms with van der Waals surface area (Å²) in [5, 5.41) is 0. The molecule has 116 valence electrons. The lowest BCUT2D eigenvalue weighted by Crippen LogP contribution is -2.02. The Bertz CT molecular complexity index is 603. The van der Waals surface area contributed by atoms with Crippen LogP contribution in [-0.2, 0) is 12.8 Å². The van der Waals surface area contributed by atoms with Gasteiger partial charge in [-0.15, -0.1) is 0 Å². The van der Waals surface area contributed by atoms with Gasteiger partial charge in [0.05, 0.1) is 0 Å². The molecule has 0 saturated heterocycles. The second kappa shape index (κ2) is 8.82. The third-order valence-electron chi connectivity index (χ3n) is 3.06. The summed E-state index contributed by atoms with van der Waals surface area (Å²) < 4.78 is 0. The van der Waals surface area contributed by atoms with E-state index in [0.29, 0.717) is 11.4 Å². The summed E-state index contributed by atoms with van der Waals surface area (Å²) in [4.78, 5) is 30.0. The molecule has 22 heavy (non-hydrogen) atoms. The fraction of sp³-hybridized carbons (Fsp3) is 0.333. The molecule has 2 aromatic heterocycles. The van der Waals surface area contributed by atoms with Crippen molar-refractivity contribution in [3.8, 4) is 0 Å². The first-order chi connectivity index (χ1) is 10.5. The van der Waals surface area contributed by atoms with Gasteiger partial charge in [-0.3, -0.25) is 14.6 Å². The number of Topliss-reactive ketones (excluding diaryl/α,β-unsaturated/α-hetero) is 2. The van der Waals surface area contributed by atoms with Gasteiger partial charge in [0, 0.05) is 25.2 Å². The van der Waals surface area contributed by atoms with Crippen molar-refractivity contribution >= 4 is 11.6 Å².